The van der Waals surface area contributed by atoms with Crippen molar-refractivity contribution in [1.29, 1.82) is 0 Å². The molecule has 0 atom stereocenters. The van der Waals surface area contributed by atoms with Crippen molar-refractivity contribution >= 4 is 45.0 Å². The molecule has 4 nitrogen and oxygen atoms in total. The number of aromatic nitrogens is 3. The van der Waals surface area contributed by atoms with Crippen LogP contribution in [0.5, 0.6) is 0 Å². The number of hydrogen-bond donors (Lipinski definition) is 1. The number of benzene rings is 3. The average Bonchev–Trinajstić information content (AvgIpc) is 2.80. The van der Waals surface area contributed by atoms with E-state index >= 15 is 0 Å². The number of anilines is 1. The zero-order chi connectivity index (χ0) is 22.2. The lowest BCUT2D eigenvalue weighted by atomic mass is 10.00. The first kappa shape index (κ1) is 20.5. The second-order valence-electron chi connectivity index (χ2n) is 7.19. The van der Waals surface area contributed by atoms with E-state index in [4.69, 9.17) is 22.9 Å². The molecule has 2 heterocycles. The van der Waals surface area contributed by atoms with Crippen LogP contribution >= 0.6 is 28.1 Å². The van der Waals surface area contributed by atoms with E-state index in [9.17, 15) is 4.39 Å². The predicted octanol–water partition coefficient (Wildman–Crippen LogP) is 6.97. The SMILES string of the molecule is Nc1c2c(-c3ccc(Br)cc3)cc(-c3ccccc3)nc2nc(=S)n1-c1ccccc1F. The molecule has 0 radical (unpaired) electrons. The third-order valence-corrected chi connectivity index (χ3v) is 6.01. The molecule has 156 valence electrons. The zero-order valence-corrected chi connectivity index (χ0v) is 19.1. The lowest BCUT2D eigenvalue weighted by molar-refractivity contribution is 0.617. The van der Waals surface area contributed by atoms with Crippen molar-refractivity contribution in [3.8, 4) is 28.1 Å². The van der Waals surface area contributed by atoms with Crippen LogP contribution in [0.4, 0.5) is 10.2 Å². The van der Waals surface area contributed by atoms with E-state index in [0.29, 0.717) is 11.0 Å². The number of nitrogens with zero attached hydrogens (tertiary/aromatic N) is 3. The maximum Gasteiger partial charge on any atom is 0.207 e. The summed E-state index contributed by atoms with van der Waals surface area (Å²) in [6.45, 7) is 0. The molecule has 0 spiro atoms. The number of rotatable bonds is 3. The second-order valence-corrected chi connectivity index (χ2v) is 8.47. The number of pyridine rings is 1. The van der Waals surface area contributed by atoms with E-state index < -0.39 is 5.82 Å². The Morgan fingerprint density at radius 2 is 1.53 bits per heavy atom. The van der Waals surface area contributed by atoms with Crippen LogP contribution in [-0.4, -0.2) is 14.5 Å². The van der Waals surface area contributed by atoms with E-state index in [-0.39, 0.29) is 16.3 Å². The van der Waals surface area contributed by atoms with Gasteiger partial charge in [0.1, 0.15) is 11.6 Å². The molecule has 0 aliphatic carbocycles. The van der Waals surface area contributed by atoms with Crippen molar-refractivity contribution < 1.29 is 4.39 Å². The maximum absolute atomic E-state index is 14.6. The van der Waals surface area contributed by atoms with Crippen LogP contribution in [0.15, 0.2) is 89.4 Å². The molecule has 0 fully saturated rings. The topological polar surface area (TPSA) is 56.7 Å². The number of fused-ring (bicyclic) bond motifs is 1. The van der Waals surface area contributed by atoms with Crippen molar-refractivity contribution in [3.05, 3.63) is 100.0 Å². The van der Waals surface area contributed by atoms with E-state index in [0.717, 1.165) is 26.9 Å². The van der Waals surface area contributed by atoms with Gasteiger partial charge in [-0.3, -0.25) is 4.57 Å². The number of hydrogen-bond acceptors (Lipinski definition) is 4. The summed E-state index contributed by atoms with van der Waals surface area (Å²) in [5, 5.41) is 0.615. The molecule has 7 heteroatoms. The smallest absolute Gasteiger partial charge is 0.207 e. The van der Waals surface area contributed by atoms with Crippen molar-refractivity contribution in [2.75, 3.05) is 5.73 Å². The fourth-order valence-corrected chi connectivity index (χ4v) is 4.25. The minimum absolute atomic E-state index is 0.138. The molecule has 0 saturated carbocycles. The number of para-hydroxylation sites is 1. The zero-order valence-electron chi connectivity index (χ0n) is 16.7. The molecule has 2 aromatic heterocycles. The minimum atomic E-state index is -0.435. The van der Waals surface area contributed by atoms with Gasteiger partial charge in [0.2, 0.25) is 4.77 Å². The molecule has 0 aliphatic rings. The highest BCUT2D eigenvalue weighted by Crippen LogP contribution is 2.36. The highest BCUT2D eigenvalue weighted by molar-refractivity contribution is 9.10. The Balaban J connectivity index is 1.89. The third-order valence-electron chi connectivity index (χ3n) is 5.21. The lowest BCUT2D eigenvalue weighted by Crippen LogP contribution is -2.10. The average molecular weight is 503 g/mol. The van der Waals surface area contributed by atoms with Crippen LogP contribution < -0.4 is 5.73 Å². The third kappa shape index (κ3) is 3.59. The van der Waals surface area contributed by atoms with Gasteiger partial charge < -0.3 is 5.73 Å². The summed E-state index contributed by atoms with van der Waals surface area (Å²) in [7, 11) is 0. The fraction of sp³-hybridized carbons (Fsp3) is 0. The molecule has 0 unspecified atom stereocenters. The maximum atomic E-state index is 14.6. The quantitative estimate of drug-likeness (QED) is 0.270. The molecule has 0 saturated heterocycles. The largest absolute Gasteiger partial charge is 0.384 e. The van der Waals surface area contributed by atoms with Crippen LogP contribution in [0.1, 0.15) is 0 Å². The van der Waals surface area contributed by atoms with Crippen molar-refractivity contribution in [1.82, 2.24) is 14.5 Å². The Kier molecular flexibility index (Phi) is 5.28. The van der Waals surface area contributed by atoms with Crippen molar-refractivity contribution in [3.63, 3.8) is 0 Å². The highest BCUT2D eigenvalue weighted by Gasteiger charge is 2.18. The van der Waals surface area contributed by atoms with Gasteiger partial charge in [0.05, 0.1) is 16.8 Å². The van der Waals surface area contributed by atoms with Gasteiger partial charge in [-0.15, -0.1) is 0 Å². The van der Waals surface area contributed by atoms with Gasteiger partial charge in [0.25, 0.3) is 0 Å². The van der Waals surface area contributed by atoms with Gasteiger partial charge in [-0.25, -0.2) is 9.37 Å². The minimum Gasteiger partial charge on any atom is -0.384 e. The van der Waals surface area contributed by atoms with Gasteiger partial charge in [0.15, 0.2) is 5.65 Å². The van der Waals surface area contributed by atoms with Crippen molar-refractivity contribution in [2.24, 2.45) is 0 Å². The fourth-order valence-electron chi connectivity index (χ4n) is 3.70. The van der Waals surface area contributed by atoms with Gasteiger partial charge in [-0.1, -0.05) is 70.5 Å². The molecule has 32 heavy (non-hydrogen) atoms. The lowest BCUT2D eigenvalue weighted by Gasteiger charge is -2.17. The van der Waals surface area contributed by atoms with Crippen LogP contribution in [0.25, 0.3) is 39.1 Å². The normalized spacial score (nSPS) is 11.1. The Morgan fingerprint density at radius 3 is 2.25 bits per heavy atom. The molecular weight excluding hydrogens is 487 g/mol. The standard InChI is InChI=1S/C25H16BrFN4S/c26-17-12-10-15(11-13-17)18-14-20(16-6-2-1-3-7-16)29-24-22(18)23(28)31(25(32)30-24)21-9-5-4-8-19(21)27/h1-14H,28H2. The molecule has 5 aromatic rings. The van der Waals surface area contributed by atoms with Gasteiger partial charge in [0, 0.05) is 10.0 Å². The van der Waals surface area contributed by atoms with E-state index in [1.165, 1.54) is 10.6 Å². The summed E-state index contributed by atoms with van der Waals surface area (Å²) in [6.07, 6.45) is 0. The summed E-state index contributed by atoms with van der Waals surface area (Å²) >= 11 is 8.99. The van der Waals surface area contributed by atoms with Crippen LogP contribution in [0.3, 0.4) is 0 Å². The van der Waals surface area contributed by atoms with Crippen LogP contribution in [-0.2, 0) is 0 Å². The summed E-state index contributed by atoms with van der Waals surface area (Å²) in [4.78, 5) is 9.31. The predicted molar refractivity (Wildman–Crippen MR) is 133 cm³/mol. The molecule has 3 aromatic carbocycles. The van der Waals surface area contributed by atoms with Crippen LogP contribution in [0.2, 0.25) is 0 Å². The second kappa shape index (κ2) is 8.26. The van der Waals surface area contributed by atoms with Crippen molar-refractivity contribution in [2.45, 2.75) is 0 Å². The van der Waals surface area contributed by atoms with Gasteiger partial charge in [-0.2, -0.15) is 4.98 Å². The molecule has 0 aliphatic heterocycles. The molecule has 2 N–H and O–H groups in total. The van der Waals surface area contributed by atoms with Gasteiger partial charge in [-0.05, 0) is 53.7 Å². The summed E-state index contributed by atoms with van der Waals surface area (Å²) in [6, 6.07) is 26.1. The summed E-state index contributed by atoms with van der Waals surface area (Å²) < 4.78 is 17.2. The Bertz CT molecular complexity index is 1520. The Labute approximate surface area is 197 Å². The first-order valence-electron chi connectivity index (χ1n) is 9.82. The Morgan fingerprint density at radius 1 is 0.844 bits per heavy atom. The first-order chi connectivity index (χ1) is 15.5. The summed E-state index contributed by atoms with van der Waals surface area (Å²) in [5.41, 5.74) is 10.8. The molecule has 5 rings (SSSR count). The van der Waals surface area contributed by atoms with Gasteiger partial charge >= 0.3 is 0 Å². The molecular formula is C25H16BrFN4S. The highest BCUT2D eigenvalue weighted by atomic mass is 79.9. The van der Waals surface area contributed by atoms with Crippen LogP contribution in [0, 0.1) is 10.6 Å². The first-order valence-corrected chi connectivity index (χ1v) is 11.0. The van der Waals surface area contributed by atoms with E-state index in [2.05, 4.69) is 20.9 Å². The molecule has 0 amide bonds. The number of nitrogens with two attached hydrogens (primary N) is 1. The van der Waals surface area contributed by atoms with E-state index in [1.54, 1.807) is 18.2 Å². The number of nitrogen functional groups attached to an aromatic ring is 1. The Hall–Kier alpha value is -3.42. The monoisotopic (exact) mass is 502 g/mol. The van der Waals surface area contributed by atoms with E-state index in [1.807, 2.05) is 60.7 Å². The number of halogens is 2. The molecule has 0 bridgehead atoms. The summed E-state index contributed by atoms with van der Waals surface area (Å²) in [5.74, 6) is -0.148.